The van der Waals surface area contributed by atoms with Crippen LogP contribution in [0, 0.1) is 0 Å². The fraction of sp³-hybridized carbons (Fsp3) is 0.182. The molecule has 2 rings (SSSR count). The Bertz CT molecular complexity index is 373. The first-order valence-electron chi connectivity index (χ1n) is 4.31. The minimum atomic E-state index is 0.381. The Balaban J connectivity index is 0.000000293. The van der Waals surface area contributed by atoms with E-state index in [1.807, 2.05) is 31.2 Å². The molecule has 0 spiro atoms. The molecule has 0 amide bonds. The Labute approximate surface area is 91.0 Å². The molecular weight excluding hydrogens is 244 g/mol. The van der Waals surface area contributed by atoms with Crippen LogP contribution in [0.3, 0.4) is 0 Å². The molecule has 0 radical (unpaired) electrons. The van der Waals surface area contributed by atoms with Crippen molar-refractivity contribution in [3.05, 3.63) is 36.1 Å². The topological polar surface area (TPSA) is 30.2 Å². The van der Waals surface area contributed by atoms with E-state index in [0.29, 0.717) is 12.0 Å². The Morgan fingerprint density at radius 1 is 1.43 bits per heavy atom. The molecule has 3 heteroatoms. The number of rotatable bonds is 1. The average molecular weight is 255 g/mol. The van der Waals surface area contributed by atoms with Gasteiger partial charge in [-0.1, -0.05) is 41.1 Å². The number of halogens is 1. The number of alkyl halides is 1. The summed E-state index contributed by atoms with van der Waals surface area (Å²) in [5.41, 5.74) is 0.759. The van der Waals surface area contributed by atoms with Gasteiger partial charge in [-0.15, -0.1) is 0 Å². The number of para-hydroxylation sites is 1. The number of carbonyl (C=O) groups is 1. The Hall–Kier alpha value is -1.09. The predicted molar refractivity (Wildman–Crippen MR) is 61.1 cm³/mol. The van der Waals surface area contributed by atoms with Crippen LogP contribution < -0.4 is 0 Å². The summed E-state index contributed by atoms with van der Waals surface area (Å²) >= 11 is 3.15. The second kappa shape index (κ2) is 5.60. The summed E-state index contributed by atoms with van der Waals surface area (Å²) in [7, 11) is 0. The Morgan fingerprint density at radius 2 is 2.07 bits per heavy atom. The molecule has 0 unspecified atom stereocenters. The molecule has 0 atom stereocenters. The van der Waals surface area contributed by atoms with Crippen molar-refractivity contribution < 1.29 is 9.21 Å². The minimum absolute atomic E-state index is 0.381. The van der Waals surface area contributed by atoms with E-state index in [1.54, 1.807) is 6.07 Å². The summed E-state index contributed by atoms with van der Waals surface area (Å²) in [4.78, 5) is 10.3. The third-order valence-electron chi connectivity index (χ3n) is 1.56. The van der Waals surface area contributed by atoms with Gasteiger partial charge in [0.2, 0.25) is 0 Å². The van der Waals surface area contributed by atoms with Crippen LogP contribution in [0.1, 0.15) is 17.5 Å². The van der Waals surface area contributed by atoms with Crippen LogP contribution in [-0.4, -0.2) is 11.6 Å². The van der Waals surface area contributed by atoms with Gasteiger partial charge < -0.3 is 4.42 Å². The predicted octanol–water partition coefficient (Wildman–Crippen LogP) is 3.65. The van der Waals surface area contributed by atoms with Gasteiger partial charge in [0, 0.05) is 10.7 Å². The lowest BCUT2D eigenvalue weighted by Crippen LogP contribution is -1.65. The van der Waals surface area contributed by atoms with Crippen molar-refractivity contribution in [3.63, 3.8) is 0 Å². The monoisotopic (exact) mass is 254 g/mol. The smallest absolute Gasteiger partial charge is 0.185 e. The highest BCUT2D eigenvalue weighted by atomic mass is 79.9. The van der Waals surface area contributed by atoms with Crippen LogP contribution >= 0.6 is 15.9 Å². The van der Waals surface area contributed by atoms with Gasteiger partial charge in [0.15, 0.2) is 12.0 Å². The first kappa shape index (κ1) is 11.0. The van der Waals surface area contributed by atoms with Crippen molar-refractivity contribution >= 4 is 33.2 Å². The number of hydrogen-bond acceptors (Lipinski definition) is 2. The molecule has 0 saturated heterocycles. The summed E-state index contributed by atoms with van der Waals surface area (Å²) in [6.07, 6.45) is 0.708. The van der Waals surface area contributed by atoms with Gasteiger partial charge in [-0.05, 0) is 12.1 Å². The van der Waals surface area contributed by atoms with Gasteiger partial charge in [-0.25, -0.2) is 0 Å². The van der Waals surface area contributed by atoms with E-state index < -0.39 is 0 Å². The van der Waals surface area contributed by atoms with Crippen molar-refractivity contribution in [3.8, 4) is 0 Å². The van der Waals surface area contributed by atoms with E-state index in [0.717, 1.165) is 16.3 Å². The number of fused-ring (bicyclic) bond motifs is 1. The molecule has 0 fully saturated rings. The molecule has 0 saturated carbocycles. The molecule has 2 nitrogen and oxygen atoms in total. The second-order valence-corrected chi connectivity index (χ2v) is 3.69. The highest BCUT2D eigenvalue weighted by Crippen LogP contribution is 2.16. The number of aldehydes is 1. The van der Waals surface area contributed by atoms with E-state index in [9.17, 15) is 4.79 Å². The summed E-state index contributed by atoms with van der Waals surface area (Å²) in [5, 5.41) is 2.03. The van der Waals surface area contributed by atoms with Gasteiger partial charge in [-0.2, -0.15) is 0 Å². The molecule has 0 aliphatic rings. The van der Waals surface area contributed by atoms with Crippen LogP contribution in [0.15, 0.2) is 34.7 Å². The zero-order valence-electron chi connectivity index (χ0n) is 7.87. The zero-order valence-corrected chi connectivity index (χ0v) is 9.45. The lowest BCUT2D eigenvalue weighted by Gasteiger charge is -1.81. The largest absolute Gasteiger partial charge is 0.453 e. The van der Waals surface area contributed by atoms with Crippen molar-refractivity contribution in [2.75, 3.05) is 5.33 Å². The molecule has 74 valence electrons. The number of benzene rings is 1. The van der Waals surface area contributed by atoms with E-state index in [2.05, 4.69) is 15.9 Å². The molecule has 0 bridgehead atoms. The third kappa shape index (κ3) is 2.70. The molecular formula is C11H11BrO2. The standard InChI is InChI=1S/C9H6O2.C2H5Br/c10-6-8-5-7-3-1-2-4-9(7)11-8;1-2-3/h1-6H;2H2,1H3. The van der Waals surface area contributed by atoms with Crippen LogP contribution in [0.4, 0.5) is 0 Å². The minimum Gasteiger partial charge on any atom is -0.453 e. The van der Waals surface area contributed by atoms with Gasteiger partial charge in [-0.3, -0.25) is 4.79 Å². The Kier molecular flexibility index (Phi) is 4.40. The van der Waals surface area contributed by atoms with Gasteiger partial charge in [0.05, 0.1) is 0 Å². The molecule has 14 heavy (non-hydrogen) atoms. The Morgan fingerprint density at radius 3 is 2.64 bits per heavy atom. The summed E-state index contributed by atoms with van der Waals surface area (Å²) in [5.74, 6) is 0.381. The quantitative estimate of drug-likeness (QED) is 0.575. The second-order valence-electron chi connectivity index (χ2n) is 2.57. The van der Waals surface area contributed by atoms with Crippen molar-refractivity contribution in [2.45, 2.75) is 6.92 Å². The van der Waals surface area contributed by atoms with E-state index in [-0.39, 0.29) is 0 Å². The molecule has 0 aliphatic heterocycles. The van der Waals surface area contributed by atoms with E-state index in [4.69, 9.17) is 4.42 Å². The normalized spacial score (nSPS) is 9.29. The highest BCUT2D eigenvalue weighted by Gasteiger charge is 1.99. The molecule has 2 aromatic rings. The van der Waals surface area contributed by atoms with Crippen molar-refractivity contribution in [1.82, 2.24) is 0 Å². The lowest BCUT2D eigenvalue weighted by molar-refractivity contribution is 0.110. The maximum absolute atomic E-state index is 10.3. The van der Waals surface area contributed by atoms with Crippen molar-refractivity contribution in [2.24, 2.45) is 0 Å². The number of furan rings is 1. The maximum atomic E-state index is 10.3. The molecule has 0 N–H and O–H groups in total. The van der Waals surface area contributed by atoms with Gasteiger partial charge in [0.1, 0.15) is 5.58 Å². The number of hydrogen-bond donors (Lipinski definition) is 0. The van der Waals surface area contributed by atoms with E-state index in [1.165, 1.54) is 0 Å². The first-order chi connectivity index (χ1) is 6.81. The van der Waals surface area contributed by atoms with Crippen LogP contribution in [0.5, 0.6) is 0 Å². The summed E-state index contributed by atoms with van der Waals surface area (Å²) < 4.78 is 5.15. The van der Waals surface area contributed by atoms with Crippen LogP contribution in [0.2, 0.25) is 0 Å². The maximum Gasteiger partial charge on any atom is 0.185 e. The molecule has 1 heterocycles. The molecule has 1 aromatic heterocycles. The van der Waals surface area contributed by atoms with Crippen molar-refractivity contribution in [1.29, 1.82) is 0 Å². The summed E-state index contributed by atoms with van der Waals surface area (Å²) in [6.45, 7) is 2.04. The SMILES string of the molecule is CCBr.O=Cc1cc2ccccc2o1. The zero-order chi connectivity index (χ0) is 10.4. The summed E-state index contributed by atoms with van der Waals surface area (Å²) in [6, 6.07) is 9.25. The average Bonchev–Trinajstić information content (AvgIpc) is 2.61. The van der Waals surface area contributed by atoms with E-state index >= 15 is 0 Å². The first-order valence-corrected chi connectivity index (χ1v) is 5.43. The molecule has 1 aromatic carbocycles. The molecule has 0 aliphatic carbocycles. The fourth-order valence-electron chi connectivity index (χ4n) is 1.06. The van der Waals surface area contributed by atoms with Gasteiger partial charge in [0.25, 0.3) is 0 Å². The van der Waals surface area contributed by atoms with Crippen LogP contribution in [0.25, 0.3) is 11.0 Å². The fourth-order valence-corrected chi connectivity index (χ4v) is 1.06. The van der Waals surface area contributed by atoms with Gasteiger partial charge >= 0.3 is 0 Å². The highest BCUT2D eigenvalue weighted by molar-refractivity contribution is 9.09. The lowest BCUT2D eigenvalue weighted by atomic mass is 10.2. The number of carbonyl (C=O) groups excluding carboxylic acids is 1. The third-order valence-corrected chi connectivity index (χ3v) is 1.56. The van der Waals surface area contributed by atoms with Crippen LogP contribution in [-0.2, 0) is 0 Å².